The molecule has 4 rings (SSSR count). The second-order valence-corrected chi connectivity index (χ2v) is 9.73. The van der Waals surface area contributed by atoms with Crippen LogP contribution in [0.25, 0.3) is 11.0 Å². The lowest BCUT2D eigenvalue weighted by Crippen LogP contribution is -3.04. The zero-order chi connectivity index (χ0) is 25.8. The van der Waals surface area contributed by atoms with Gasteiger partial charge in [-0.3, -0.25) is 9.69 Å². The second kappa shape index (κ2) is 10.6. The monoisotopic (exact) mass is 492 g/mol. The molecule has 2 aromatic carbocycles. The molecule has 0 fully saturated rings. The van der Waals surface area contributed by atoms with Crippen molar-refractivity contribution in [2.75, 3.05) is 32.4 Å². The van der Waals surface area contributed by atoms with Crippen LogP contribution in [-0.2, 0) is 19.4 Å². The van der Waals surface area contributed by atoms with Gasteiger partial charge in [0.1, 0.15) is 17.0 Å². The minimum atomic E-state index is -3.25. The number of hydrogen-bond acceptors (Lipinski definition) is 8. The van der Waals surface area contributed by atoms with Gasteiger partial charge >= 0.3 is 0 Å². The third-order valence-electron chi connectivity index (χ3n) is 5.02. The minimum Gasteiger partial charge on any atom is -0.550 e. The van der Waals surface area contributed by atoms with Crippen LogP contribution in [0.15, 0.2) is 51.8 Å². The standard InChI is InChI=1S/C19H20N2O4S.2C2H4O2/c1-20-15-8-7-14(26(4,22)23)11-16(15)21(2)19(20)18-9-12-5-6-13(24-3)10-17(12)25-18;2*1-2(3)4/h5-11,19H,1-4H3;2*1H3,(H,3,4). The summed E-state index contributed by atoms with van der Waals surface area (Å²) in [6, 6.07) is 13.1. The van der Waals surface area contributed by atoms with E-state index in [1.165, 1.54) is 6.26 Å². The Balaban J connectivity index is 0.000000446. The quantitative estimate of drug-likeness (QED) is 0.547. The van der Waals surface area contributed by atoms with Gasteiger partial charge in [0.25, 0.3) is 5.97 Å². The number of benzene rings is 2. The van der Waals surface area contributed by atoms with Crippen LogP contribution >= 0.6 is 0 Å². The molecule has 184 valence electrons. The van der Waals surface area contributed by atoms with Crippen molar-refractivity contribution in [3.8, 4) is 5.75 Å². The SMILES string of the molecule is CC(=O)O.CC(=O)[O-].COc1ccc2cc(C3N(C)c4cc(S(C)(=O)=O)ccc4[NH+]3C)oc2c1. The summed E-state index contributed by atoms with van der Waals surface area (Å²) in [5, 5.41) is 17.3. The van der Waals surface area contributed by atoms with Gasteiger partial charge < -0.3 is 29.1 Å². The van der Waals surface area contributed by atoms with Gasteiger partial charge in [0.05, 0.1) is 19.1 Å². The number of carboxylic acids is 2. The first kappa shape index (κ1) is 26.7. The molecule has 34 heavy (non-hydrogen) atoms. The Hall–Kier alpha value is -3.57. The molecule has 2 N–H and O–H groups in total. The Kier molecular flexibility index (Phi) is 8.30. The van der Waals surface area contributed by atoms with Gasteiger partial charge in [-0.1, -0.05) is 0 Å². The summed E-state index contributed by atoms with van der Waals surface area (Å²) in [5.74, 6) is -0.342. The molecule has 2 heterocycles. The minimum absolute atomic E-state index is 0.0711. The number of aliphatic carboxylic acids is 2. The largest absolute Gasteiger partial charge is 0.550 e. The number of carbonyl (C=O) groups excluding carboxylic acids is 1. The van der Waals surface area contributed by atoms with Crippen LogP contribution in [0.5, 0.6) is 5.75 Å². The molecule has 0 bridgehead atoms. The number of quaternary nitrogens is 1. The van der Waals surface area contributed by atoms with E-state index in [1.807, 2.05) is 37.4 Å². The molecule has 0 saturated carbocycles. The highest BCUT2D eigenvalue weighted by Crippen LogP contribution is 2.37. The van der Waals surface area contributed by atoms with E-state index in [2.05, 4.69) is 11.9 Å². The van der Waals surface area contributed by atoms with Gasteiger partial charge in [-0.15, -0.1) is 0 Å². The number of furan rings is 1. The normalized spacial score (nSPS) is 16.6. The number of rotatable bonds is 3. The van der Waals surface area contributed by atoms with Crippen molar-refractivity contribution in [1.29, 1.82) is 0 Å². The summed E-state index contributed by atoms with van der Waals surface area (Å²) in [4.78, 5) is 21.4. The number of anilines is 1. The van der Waals surface area contributed by atoms with Crippen LogP contribution in [0.3, 0.4) is 0 Å². The number of sulfone groups is 1. The molecule has 0 amide bonds. The molecule has 11 heteroatoms. The zero-order valence-electron chi connectivity index (χ0n) is 19.8. The number of ether oxygens (including phenoxy) is 1. The Labute approximate surface area is 197 Å². The Bertz CT molecular complexity index is 1280. The van der Waals surface area contributed by atoms with Crippen molar-refractivity contribution < 1.29 is 42.3 Å². The van der Waals surface area contributed by atoms with E-state index >= 15 is 0 Å². The zero-order valence-corrected chi connectivity index (χ0v) is 20.6. The van der Waals surface area contributed by atoms with Crippen molar-refractivity contribution in [3.05, 3.63) is 48.2 Å². The third-order valence-corrected chi connectivity index (χ3v) is 6.13. The van der Waals surface area contributed by atoms with Gasteiger partial charge in [0.15, 0.2) is 21.3 Å². The second-order valence-electron chi connectivity index (χ2n) is 7.71. The molecular weight excluding hydrogens is 464 g/mol. The topological polar surface area (TPSA) is 142 Å². The number of nitrogens with zero attached hydrogens (tertiary/aromatic N) is 1. The number of methoxy groups -OCH3 is 1. The maximum atomic E-state index is 11.9. The average Bonchev–Trinajstić information content (AvgIpc) is 3.24. The molecular formula is C23H28N2O8S. The maximum Gasteiger partial charge on any atom is 0.300 e. The van der Waals surface area contributed by atoms with Crippen molar-refractivity contribution >= 4 is 44.1 Å². The van der Waals surface area contributed by atoms with Gasteiger partial charge in [0.2, 0.25) is 6.17 Å². The van der Waals surface area contributed by atoms with Crippen molar-refractivity contribution in [2.24, 2.45) is 0 Å². The number of hydrogen-bond donors (Lipinski definition) is 2. The number of fused-ring (bicyclic) bond motifs is 2. The molecule has 1 aromatic heterocycles. The lowest BCUT2D eigenvalue weighted by Gasteiger charge is -2.20. The molecule has 1 aliphatic heterocycles. The van der Waals surface area contributed by atoms with Gasteiger partial charge in [0, 0.05) is 43.7 Å². The molecule has 0 aliphatic carbocycles. The summed E-state index contributed by atoms with van der Waals surface area (Å²) in [6.07, 6.45) is 1.16. The van der Waals surface area contributed by atoms with E-state index in [9.17, 15) is 8.42 Å². The smallest absolute Gasteiger partial charge is 0.300 e. The highest BCUT2D eigenvalue weighted by atomic mass is 32.2. The Morgan fingerprint density at radius 3 is 2.26 bits per heavy atom. The molecule has 0 radical (unpaired) electrons. The molecule has 1 aliphatic rings. The van der Waals surface area contributed by atoms with E-state index in [-0.39, 0.29) is 6.17 Å². The average molecular weight is 493 g/mol. The number of nitrogens with one attached hydrogen (secondary N) is 1. The van der Waals surface area contributed by atoms with Crippen molar-refractivity contribution in [3.63, 3.8) is 0 Å². The fraction of sp³-hybridized carbons (Fsp3) is 0.304. The summed E-state index contributed by atoms with van der Waals surface area (Å²) in [7, 11) is 2.39. The van der Waals surface area contributed by atoms with Gasteiger partial charge in [-0.2, -0.15) is 0 Å². The predicted molar refractivity (Wildman–Crippen MR) is 124 cm³/mol. The van der Waals surface area contributed by atoms with Crippen LogP contribution in [-0.4, -0.2) is 52.9 Å². The lowest BCUT2D eigenvalue weighted by molar-refractivity contribution is -0.839. The van der Waals surface area contributed by atoms with E-state index in [4.69, 9.17) is 29.0 Å². The Morgan fingerprint density at radius 2 is 1.74 bits per heavy atom. The van der Waals surface area contributed by atoms with Crippen LogP contribution in [0.1, 0.15) is 25.8 Å². The number of carbonyl (C=O) groups is 2. The molecule has 3 aromatic rings. The molecule has 10 nitrogen and oxygen atoms in total. The van der Waals surface area contributed by atoms with E-state index < -0.39 is 21.8 Å². The lowest BCUT2D eigenvalue weighted by atomic mass is 10.2. The Morgan fingerprint density at radius 1 is 1.15 bits per heavy atom. The molecule has 2 unspecified atom stereocenters. The highest BCUT2D eigenvalue weighted by Gasteiger charge is 2.40. The first-order valence-electron chi connectivity index (χ1n) is 10.1. The van der Waals surface area contributed by atoms with Crippen molar-refractivity contribution in [1.82, 2.24) is 0 Å². The fourth-order valence-corrected chi connectivity index (χ4v) is 4.28. The van der Waals surface area contributed by atoms with Gasteiger partial charge in [-0.25, -0.2) is 8.42 Å². The van der Waals surface area contributed by atoms with Gasteiger partial charge in [-0.05, 0) is 37.3 Å². The summed E-state index contributed by atoms with van der Waals surface area (Å²) in [5.41, 5.74) is 2.71. The third kappa shape index (κ3) is 6.27. The summed E-state index contributed by atoms with van der Waals surface area (Å²) < 4.78 is 35.2. The van der Waals surface area contributed by atoms with Crippen LogP contribution in [0.4, 0.5) is 11.4 Å². The first-order valence-corrected chi connectivity index (χ1v) is 12.0. The van der Waals surface area contributed by atoms with E-state index in [0.29, 0.717) is 4.90 Å². The van der Waals surface area contributed by atoms with Crippen LogP contribution in [0, 0.1) is 0 Å². The summed E-state index contributed by atoms with van der Waals surface area (Å²) in [6.45, 7) is 2.06. The fourth-order valence-electron chi connectivity index (χ4n) is 3.64. The van der Waals surface area contributed by atoms with Crippen molar-refractivity contribution in [2.45, 2.75) is 24.9 Å². The van der Waals surface area contributed by atoms with Crippen LogP contribution in [0.2, 0.25) is 0 Å². The highest BCUT2D eigenvalue weighted by molar-refractivity contribution is 7.90. The molecule has 0 spiro atoms. The maximum absolute atomic E-state index is 11.9. The molecule has 2 atom stereocenters. The molecule has 0 saturated heterocycles. The summed E-state index contributed by atoms with van der Waals surface area (Å²) >= 11 is 0. The first-order chi connectivity index (χ1) is 15.8. The predicted octanol–water partition coefficient (Wildman–Crippen LogP) is 0.987. The van der Waals surface area contributed by atoms with E-state index in [0.717, 1.165) is 52.6 Å². The number of carboxylic acid groups (broad SMARTS) is 2. The van der Waals surface area contributed by atoms with Crippen LogP contribution < -0.4 is 19.6 Å². The van der Waals surface area contributed by atoms with E-state index in [1.54, 1.807) is 19.2 Å².